The van der Waals surface area contributed by atoms with Crippen LogP contribution in [-0.2, 0) is 22.9 Å². The third-order valence-electron chi connectivity index (χ3n) is 3.46. The van der Waals surface area contributed by atoms with Gasteiger partial charge in [-0.25, -0.2) is 8.42 Å². The van der Waals surface area contributed by atoms with Crippen molar-refractivity contribution in [3.8, 4) is 0 Å². The highest BCUT2D eigenvalue weighted by atomic mass is 32.2. The van der Waals surface area contributed by atoms with Gasteiger partial charge in [-0.2, -0.15) is 5.10 Å². The van der Waals surface area contributed by atoms with E-state index in [0.717, 1.165) is 12.2 Å². The van der Waals surface area contributed by atoms with Crippen LogP contribution in [0.5, 0.6) is 0 Å². The van der Waals surface area contributed by atoms with Crippen LogP contribution in [0.3, 0.4) is 0 Å². The number of hydrogen-bond donors (Lipinski definition) is 1. The average Bonchev–Trinajstić information content (AvgIpc) is 3.01. The van der Waals surface area contributed by atoms with E-state index in [0.29, 0.717) is 12.6 Å². The second-order valence-corrected chi connectivity index (χ2v) is 8.99. The van der Waals surface area contributed by atoms with E-state index in [1.165, 1.54) is 12.8 Å². The molecule has 1 aromatic heterocycles. The van der Waals surface area contributed by atoms with Gasteiger partial charge < -0.3 is 5.32 Å². The van der Waals surface area contributed by atoms with Crippen LogP contribution in [0.25, 0.3) is 0 Å². The minimum atomic E-state index is -3.09. The molecule has 0 unspecified atom stereocenters. The summed E-state index contributed by atoms with van der Waals surface area (Å²) in [5, 5.41) is 7.63. The molecule has 1 N–H and O–H groups in total. The molecule has 0 aromatic carbocycles. The van der Waals surface area contributed by atoms with Gasteiger partial charge in [0.15, 0.2) is 9.84 Å². The molecule has 1 heterocycles. The van der Waals surface area contributed by atoms with Crippen LogP contribution in [0.1, 0.15) is 39.3 Å². The van der Waals surface area contributed by atoms with Crippen molar-refractivity contribution in [3.05, 3.63) is 18.0 Å². The Morgan fingerprint density at radius 2 is 2.11 bits per heavy atom. The molecule has 0 radical (unpaired) electrons. The van der Waals surface area contributed by atoms with Crippen LogP contribution in [0.2, 0.25) is 0 Å². The summed E-state index contributed by atoms with van der Waals surface area (Å²) >= 11 is 0. The highest BCUT2D eigenvalue weighted by Gasteiger charge is 2.28. The molecule has 108 valence electrons. The Balaban J connectivity index is 1.94. The Morgan fingerprint density at radius 1 is 1.42 bits per heavy atom. The minimum absolute atomic E-state index is 0.134. The number of sulfone groups is 1. The summed E-state index contributed by atoms with van der Waals surface area (Å²) in [5.41, 5.74) is 1.05. The van der Waals surface area contributed by atoms with E-state index < -0.39 is 14.6 Å². The summed E-state index contributed by atoms with van der Waals surface area (Å²) < 4.78 is 25.2. The Bertz CT molecular complexity index is 524. The summed E-state index contributed by atoms with van der Waals surface area (Å²) in [4.78, 5) is 0. The Morgan fingerprint density at radius 3 is 2.68 bits per heavy atom. The van der Waals surface area contributed by atoms with E-state index in [2.05, 4.69) is 10.4 Å². The van der Waals surface area contributed by atoms with Gasteiger partial charge in [0.05, 0.1) is 22.7 Å². The molecule has 0 bridgehead atoms. The molecule has 2 rings (SSSR count). The quantitative estimate of drug-likeness (QED) is 0.857. The zero-order valence-corrected chi connectivity index (χ0v) is 12.7. The molecular weight excluding hydrogens is 262 g/mol. The van der Waals surface area contributed by atoms with E-state index in [1.54, 1.807) is 31.6 Å². The third kappa shape index (κ3) is 3.79. The van der Waals surface area contributed by atoms with Gasteiger partial charge in [0.25, 0.3) is 0 Å². The SMILES string of the molecule is CC(C)(C)S(=O)(=O)CCn1nccc1CNC1CC1. The van der Waals surface area contributed by atoms with E-state index >= 15 is 0 Å². The molecule has 1 saturated carbocycles. The van der Waals surface area contributed by atoms with Crippen molar-refractivity contribution in [1.29, 1.82) is 0 Å². The fourth-order valence-corrected chi connectivity index (χ4v) is 2.79. The number of aromatic nitrogens is 2. The normalized spacial score (nSPS) is 16.8. The maximum absolute atomic E-state index is 12.1. The second kappa shape index (κ2) is 5.25. The highest BCUT2D eigenvalue weighted by molar-refractivity contribution is 7.92. The molecule has 1 fully saturated rings. The van der Waals surface area contributed by atoms with Gasteiger partial charge in [0, 0.05) is 18.8 Å². The number of aryl methyl sites for hydroxylation is 1. The molecule has 0 spiro atoms. The predicted octanol–water partition coefficient (Wildman–Crippen LogP) is 1.35. The first-order chi connectivity index (χ1) is 8.79. The topological polar surface area (TPSA) is 64.0 Å². The molecular formula is C13H23N3O2S. The largest absolute Gasteiger partial charge is 0.308 e. The lowest BCUT2D eigenvalue weighted by Crippen LogP contribution is -2.32. The average molecular weight is 285 g/mol. The lowest BCUT2D eigenvalue weighted by molar-refractivity contribution is 0.538. The van der Waals surface area contributed by atoms with Crippen molar-refractivity contribution < 1.29 is 8.42 Å². The Hall–Kier alpha value is -0.880. The first-order valence-electron chi connectivity index (χ1n) is 6.76. The Labute approximate surface area is 115 Å². The molecule has 1 aliphatic carbocycles. The van der Waals surface area contributed by atoms with Crippen LogP contribution in [0.4, 0.5) is 0 Å². The predicted molar refractivity (Wildman–Crippen MR) is 75.6 cm³/mol. The van der Waals surface area contributed by atoms with Gasteiger partial charge in [0.1, 0.15) is 0 Å². The maximum Gasteiger partial charge on any atom is 0.157 e. The molecule has 0 saturated heterocycles. The smallest absolute Gasteiger partial charge is 0.157 e. The van der Waals surface area contributed by atoms with Gasteiger partial charge in [0.2, 0.25) is 0 Å². The van der Waals surface area contributed by atoms with Crippen molar-refractivity contribution in [2.24, 2.45) is 0 Å². The molecule has 5 nitrogen and oxygen atoms in total. The third-order valence-corrected chi connectivity index (χ3v) is 6.04. The molecule has 1 aliphatic rings. The molecule has 0 atom stereocenters. The van der Waals surface area contributed by atoms with E-state index in [-0.39, 0.29) is 5.75 Å². The molecule has 19 heavy (non-hydrogen) atoms. The van der Waals surface area contributed by atoms with Gasteiger partial charge in [-0.1, -0.05) is 0 Å². The summed E-state index contributed by atoms with van der Waals surface area (Å²) in [7, 11) is -3.09. The second-order valence-electron chi connectivity index (χ2n) is 6.13. The lowest BCUT2D eigenvalue weighted by atomic mass is 10.3. The summed E-state index contributed by atoms with van der Waals surface area (Å²) in [6, 6.07) is 2.58. The van der Waals surface area contributed by atoms with Crippen molar-refractivity contribution >= 4 is 9.84 Å². The lowest BCUT2D eigenvalue weighted by Gasteiger charge is -2.19. The van der Waals surface area contributed by atoms with E-state index in [9.17, 15) is 8.42 Å². The maximum atomic E-state index is 12.1. The zero-order chi connectivity index (χ0) is 14.1. The fourth-order valence-electron chi connectivity index (χ4n) is 1.76. The number of rotatable bonds is 6. The van der Waals surface area contributed by atoms with Crippen LogP contribution >= 0.6 is 0 Å². The van der Waals surface area contributed by atoms with Gasteiger partial charge in [-0.3, -0.25) is 4.68 Å². The molecule has 1 aromatic rings. The van der Waals surface area contributed by atoms with Crippen molar-refractivity contribution in [2.75, 3.05) is 5.75 Å². The van der Waals surface area contributed by atoms with Crippen LogP contribution in [0.15, 0.2) is 12.3 Å². The summed E-state index contributed by atoms with van der Waals surface area (Å²) in [6.45, 7) is 6.40. The zero-order valence-electron chi connectivity index (χ0n) is 11.9. The summed E-state index contributed by atoms with van der Waals surface area (Å²) in [6.07, 6.45) is 4.21. The monoisotopic (exact) mass is 285 g/mol. The standard InChI is InChI=1S/C13H23N3O2S/c1-13(2,3)19(17,18)9-8-16-12(6-7-15-16)10-14-11-4-5-11/h6-7,11,14H,4-5,8-10H2,1-3H3. The van der Waals surface area contributed by atoms with Crippen LogP contribution < -0.4 is 5.32 Å². The fraction of sp³-hybridized carbons (Fsp3) is 0.769. The minimum Gasteiger partial charge on any atom is -0.308 e. The van der Waals surface area contributed by atoms with E-state index in [1.807, 2.05) is 6.07 Å². The van der Waals surface area contributed by atoms with Gasteiger partial charge in [-0.05, 0) is 39.7 Å². The van der Waals surface area contributed by atoms with Gasteiger partial charge in [-0.15, -0.1) is 0 Å². The van der Waals surface area contributed by atoms with Crippen molar-refractivity contribution in [1.82, 2.24) is 15.1 Å². The molecule has 0 amide bonds. The first-order valence-corrected chi connectivity index (χ1v) is 8.41. The number of nitrogens with zero attached hydrogens (tertiary/aromatic N) is 2. The first kappa shape index (κ1) is 14.5. The summed E-state index contributed by atoms with van der Waals surface area (Å²) in [5.74, 6) is 0.134. The van der Waals surface area contributed by atoms with E-state index in [4.69, 9.17) is 0 Å². The van der Waals surface area contributed by atoms with Gasteiger partial charge >= 0.3 is 0 Å². The number of nitrogens with one attached hydrogen (secondary N) is 1. The molecule has 0 aliphatic heterocycles. The number of hydrogen-bond acceptors (Lipinski definition) is 4. The van der Waals surface area contributed by atoms with Crippen LogP contribution in [0, 0.1) is 0 Å². The van der Waals surface area contributed by atoms with Crippen LogP contribution in [-0.4, -0.2) is 34.7 Å². The van der Waals surface area contributed by atoms with Crippen molar-refractivity contribution in [3.63, 3.8) is 0 Å². The Kier molecular flexibility index (Phi) is 4.01. The van der Waals surface area contributed by atoms with Crippen molar-refractivity contribution in [2.45, 2.75) is 57.5 Å². The highest BCUT2D eigenvalue weighted by Crippen LogP contribution is 2.19. The molecule has 6 heteroatoms.